The molecule has 1 unspecified atom stereocenters. The number of rotatable bonds is 6. The van der Waals surface area contributed by atoms with Gasteiger partial charge in [-0.2, -0.15) is 0 Å². The predicted octanol–water partition coefficient (Wildman–Crippen LogP) is 2.19. The molecule has 140 valence electrons. The van der Waals surface area contributed by atoms with E-state index in [2.05, 4.69) is 15.3 Å². The first kappa shape index (κ1) is 18.8. The van der Waals surface area contributed by atoms with Crippen LogP contribution in [0.15, 0.2) is 53.3 Å². The molecule has 27 heavy (non-hydrogen) atoms. The van der Waals surface area contributed by atoms with Crippen LogP contribution in [0.3, 0.4) is 0 Å². The Morgan fingerprint density at radius 2 is 1.96 bits per heavy atom. The molecule has 2 N–H and O–H groups in total. The number of para-hydroxylation sites is 1. The summed E-state index contributed by atoms with van der Waals surface area (Å²) < 4.78 is 0. The zero-order valence-electron chi connectivity index (χ0n) is 15.8. The molecule has 0 bridgehead atoms. The molecule has 0 radical (unpaired) electrons. The number of nitrogens with zero attached hydrogens (tertiary/aromatic N) is 2. The van der Waals surface area contributed by atoms with Crippen LogP contribution in [0.4, 0.5) is 0 Å². The predicted molar refractivity (Wildman–Crippen MR) is 107 cm³/mol. The first-order valence-electron chi connectivity index (χ1n) is 8.94. The highest BCUT2D eigenvalue weighted by Gasteiger charge is 2.22. The molecule has 3 rings (SSSR count). The number of hydrogen-bond acceptors (Lipinski definition) is 4. The molecular formula is C21H24N4O2. The molecule has 2 aromatic carbocycles. The fourth-order valence-electron chi connectivity index (χ4n) is 3.18. The van der Waals surface area contributed by atoms with Crippen LogP contribution in [0.25, 0.3) is 10.9 Å². The standard InChI is InChI=1S/C21H24N4O2/c1-14-7-6-8-15(13-14)19(25(2)3)21(27)22-12-11-18-23-17-10-5-4-9-16(17)20(26)24-18/h4-10,13,19H,11-12H2,1-3H3,(H,22,27)(H,23,24,26). The van der Waals surface area contributed by atoms with Gasteiger partial charge in [0.2, 0.25) is 5.91 Å². The van der Waals surface area contributed by atoms with Crippen LogP contribution < -0.4 is 10.9 Å². The molecule has 1 atom stereocenters. The van der Waals surface area contributed by atoms with E-state index in [-0.39, 0.29) is 17.5 Å². The Balaban J connectivity index is 1.68. The molecule has 6 heteroatoms. The Labute approximate surface area is 158 Å². The monoisotopic (exact) mass is 364 g/mol. The van der Waals surface area contributed by atoms with Crippen LogP contribution in [0.2, 0.25) is 0 Å². The molecule has 3 aromatic rings. The van der Waals surface area contributed by atoms with Gasteiger partial charge in [-0.25, -0.2) is 4.98 Å². The zero-order chi connectivity index (χ0) is 19.4. The van der Waals surface area contributed by atoms with Crippen molar-refractivity contribution in [1.82, 2.24) is 20.2 Å². The van der Waals surface area contributed by atoms with Gasteiger partial charge >= 0.3 is 0 Å². The Morgan fingerprint density at radius 1 is 1.19 bits per heavy atom. The molecule has 0 aliphatic carbocycles. The van der Waals surface area contributed by atoms with Crippen molar-refractivity contribution in [2.45, 2.75) is 19.4 Å². The van der Waals surface area contributed by atoms with E-state index in [4.69, 9.17) is 0 Å². The van der Waals surface area contributed by atoms with E-state index in [0.29, 0.717) is 29.7 Å². The number of aromatic nitrogens is 2. The molecule has 0 aliphatic heterocycles. The van der Waals surface area contributed by atoms with Crippen LogP contribution in [-0.2, 0) is 11.2 Å². The van der Waals surface area contributed by atoms with E-state index in [0.717, 1.165) is 11.1 Å². The normalized spacial score (nSPS) is 12.3. The Bertz CT molecular complexity index is 1010. The highest BCUT2D eigenvalue weighted by molar-refractivity contribution is 5.83. The minimum absolute atomic E-state index is 0.0752. The number of aryl methyl sites for hydroxylation is 1. The van der Waals surface area contributed by atoms with Crippen LogP contribution in [0.5, 0.6) is 0 Å². The van der Waals surface area contributed by atoms with Crippen molar-refractivity contribution >= 4 is 16.8 Å². The van der Waals surface area contributed by atoms with Gasteiger partial charge in [0.15, 0.2) is 0 Å². The quantitative estimate of drug-likeness (QED) is 0.703. The SMILES string of the molecule is Cc1cccc(C(C(=O)NCCc2nc3ccccc3c(=O)[nH]2)N(C)C)c1. The van der Waals surface area contributed by atoms with Gasteiger partial charge in [0.1, 0.15) is 11.9 Å². The largest absolute Gasteiger partial charge is 0.354 e. The van der Waals surface area contributed by atoms with E-state index in [9.17, 15) is 9.59 Å². The molecule has 0 saturated heterocycles. The van der Waals surface area contributed by atoms with E-state index in [1.807, 2.05) is 68.4 Å². The van der Waals surface area contributed by atoms with E-state index in [1.54, 1.807) is 6.07 Å². The molecule has 0 saturated carbocycles. The number of hydrogen-bond donors (Lipinski definition) is 2. The van der Waals surface area contributed by atoms with Gasteiger partial charge in [0.05, 0.1) is 10.9 Å². The number of carbonyl (C=O) groups excluding carboxylic acids is 1. The minimum Gasteiger partial charge on any atom is -0.354 e. The number of H-pyrrole nitrogens is 1. The zero-order valence-corrected chi connectivity index (χ0v) is 15.8. The van der Waals surface area contributed by atoms with E-state index in [1.165, 1.54) is 0 Å². The number of carbonyl (C=O) groups is 1. The summed E-state index contributed by atoms with van der Waals surface area (Å²) in [6, 6.07) is 14.8. The smallest absolute Gasteiger partial charge is 0.258 e. The summed E-state index contributed by atoms with van der Waals surface area (Å²) in [4.78, 5) is 34.0. The number of likely N-dealkylation sites (N-methyl/N-ethyl adjacent to an activating group) is 1. The maximum atomic E-state index is 12.7. The molecule has 1 amide bonds. The van der Waals surface area contributed by atoms with Crippen molar-refractivity contribution in [2.24, 2.45) is 0 Å². The summed E-state index contributed by atoms with van der Waals surface area (Å²) in [6.45, 7) is 2.41. The molecule has 6 nitrogen and oxygen atoms in total. The third-order valence-corrected chi connectivity index (χ3v) is 4.45. The Morgan fingerprint density at radius 3 is 2.70 bits per heavy atom. The average Bonchev–Trinajstić information content (AvgIpc) is 2.62. The second-order valence-corrected chi connectivity index (χ2v) is 6.85. The molecule has 1 heterocycles. The topological polar surface area (TPSA) is 78.1 Å². The van der Waals surface area contributed by atoms with Gasteiger partial charge in [-0.15, -0.1) is 0 Å². The lowest BCUT2D eigenvalue weighted by Gasteiger charge is -2.24. The summed E-state index contributed by atoms with van der Waals surface area (Å²) in [6.07, 6.45) is 0.458. The molecule has 0 fully saturated rings. The lowest BCUT2D eigenvalue weighted by atomic mass is 10.0. The van der Waals surface area contributed by atoms with Crippen molar-refractivity contribution < 1.29 is 4.79 Å². The maximum Gasteiger partial charge on any atom is 0.258 e. The number of nitrogens with one attached hydrogen (secondary N) is 2. The van der Waals surface area contributed by atoms with E-state index < -0.39 is 0 Å². The molecular weight excluding hydrogens is 340 g/mol. The number of fused-ring (bicyclic) bond motifs is 1. The van der Waals surface area contributed by atoms with Gasteiger partial charge < -0.3 is 10.3 Å². The lowest BCUT2D eigenvalue weighted by Crippen LogP contribution is -2.38. The first-order valence-corrected chi connectivity index (χ1v) is 8.94. The van der Waals surface area contributed by atoms with Gasteiger partial charge in [-0.3, -0.25) is 14.5 Å². The minimum atomic E-state index is -0.367. The van der Waals surface area contributed by atoms with Crippen LogP contribution >= 0.6 is 0 Å². The highest BCUT2D eigenvalue weighted by Crippen LogP contribution is 2.19. The van der Waals surface area contributed by atoms with E-state index >= 15 is 0 Å². The first-order chi connectivity index (χ1) is 13.0. The third kappa shape index (κ3) is 4.41. The number of aromatic amines is 1. The number of benzene rings is 2. The second-order valence-electron chi connectivity index (χ2n) is 6.85. The summed E-state index contributed by atoms with van der Waals surface area (Å²) in [5.74, 6) is 0.490. The summed E-state index contributed by atoms with van der Waals surface area (Å²) >= 11 is 0. The van der Waals surface area contributed by atoms with Gasteiger partial charge in [-0.05, 0) is 38.7 Å². The van der Waals surface area contributed by atoms with Crippen LogP contribution in [-0.4, -0.2) is 41.4 Å². The Hall–Kier alpha value is -2.99. The molecule has 0 spiro atoms. The van der Waals surface area contributed by atoms with Gasteiger partial charge in [0, 0.05) is 13.0 Å². The summed E-state index contributed by atoms with van der Waals surface area (Å²) in [5, 5.41) is 3.52. The summed E-state index contributed by atoms with van der Waals surface area (Å²) in [7, 11) is 3.77. The second kappa shape index (κ2) is 8.14. The van der Waals surface area contributed by atoms with Crippen molar-refractivity contribution in [3.63, 3.8) is 0 Å². The summed E-state index contributed by atoms with van der Waals surface area (Å²) in [5.41, 5.74) is 2.57. The van der Waals surface area contributed by atoms with Gasteiger partial charge in [-0.1, -0.05) is 42.0 Å². The molecule has 0 aliphatic rings. The van der Waals surface area contributed by atoms with Crippen molar-refractivity contribution in [3.05, 3.63) is 75.8 Å². The maximum absolute atomic E-state index is 12.7. The Kier molecular flexibility index (Phi) is 5.66. The number of amides is 1. The fourth-order valence-corrected chi connectivity index (χ4v) is 3.18. The van der Waals surface area contributed by atoms with Crippen molar-refractivity contribution in [1.29, 1.82) is 0 Å². The lowest BCUT2D eigenvalue weighted by molar-refractivity contribution is -0.125. The molecule has 1 aromatic heterocycles. The third-order valence-electron chi connectivity index (χ3n) is 4.45. The van der Waals surface area contributed by atoms with Crippen LogP contribution in [0, 0.1) is 6.92 Å². The highest BCUT2D eigenvalue weighted by atomic mass is 16.2. The van der Waals surface area contributed by atoms with Crippen LogP contribution in [0.1, 0.15) is 23.0 Å². The average molecular weight is 364 g/mol. The fraction of sp³-hybridized carbons (Fsp3) is 0.286. The van der Waals surface area contributed by atoms with Crippen molar-refractivity contribution in [3.8, 4) is 0 Å². The van der Waals surface area contributed by atoms with Crippen molar-refractivity contribution in [2.75, 3.05) is 20.6 Å². The van der Waals surface area contributed by atoms with Gasteiger partial charge in [0.25, 0.3) is 5.56 Å².